The minimum absolute atomic E-state index is 0.187. The van der Waals surface area contributed by atoms with E-state index in [1.165, 1.54) is 19.1 Å². The first-order valence-electron chi connectivity index (χ1n) is 6.97. The second-order valence-electron chi connectivity index (χ2n) is 5.64. The van der Waals surface area contributed by atoms with Crippen LogP contribution in [0.15, 0.2) is 18.2 Å². The van der Waals surface area contributed by atoms with Crippen LogP contribution in [0.5, 0.6) is 0 Å². The molecule has 1 fully saturated rings. The molecule has 0 saturated heterocycles. The smallest absolute Gasteiger partial charge is 0.148 e. The molecular weight excluding hydrogens is 274 g/mol. The minimum Gasteiger partial charge on any atom is -0.308 e. The number of nitrogens with zero attached hydrogens (tertiary/aromatic N) is 2. The third kappa shape index (κ3) is 5.98. The summed E-state index contributed by atoms with van der Waals surface area (Å²) in [6.07, 6.45) is 3.81. The lowest BCUT2D eigenvalue weighted by atomic mass is 10.3. The zero-order valence-electron chi connectivity index (χ0n) is 12.2. The topological polar surface area (TPSA) is 62.3 Å². The van der Waals surface area contributed by atoms with Crippen molar-refractivity contribution < 1.29 is 8.42 Å². The molecule has 1 saturated carbocycles. The molecule has 112 valence electrons. The molecule has 1 aliphatic carbocycles. The summed E-state index contributed by atoms with van der Waals surface area (Å²) < 4.78 is 22.3. The molecule has 1 N–H and O–H groups in total. The Bertz CT molecular complexity index is 541. The Kier molecular flexibility index (Phi) is 5.12. The Morgan fingerprint density at radius 2 is 2.05 bits per heavy atom. The Morgan fingerprint density at radius 3 is 2.70 bits per heavy atom. The summed E-state index contributed by atoms with van der Waals surface area (Å²) in [5.74, 6) is 0.187. The van der Waals surface area contributed by atoms with Crippen LogP contribution in [0, 0.1) is 0 Å². The molecule has 20 heavy (non-hydrogen) atoms. The normalized spacial score (nSPS) is 15.8. The van der Waals surface area contributed by atoms with Gasteiger partial charge in [-0.15, -0.1) is 0 Å². The van der Waals surface area contributed by atoms with Crippen molar-refractivity contribution in [2.45, 2.75) is 32.0 Å². The van der Waals surface area contributed by atoms with Gasteiger partial charge in [0.1, 0.15) is 9.84 Å². The van der Waals surface area contributed by atoms with Crippen molar-refractivity contribution in [3.05, 3.63) is 29.6 Å². The molecule has 0 aromatic carbocycles. The van der Waals surface area contributed by atoms with Crippen molar-refractivity contribution in [3.63, 3.8) is 0 Å². The van der Waals surface area contributed by atoms with E-state index in [4.69, 9.17) is 0 Å². The molecular formula is C14H23N3O2S. The van der Waals surface area contributed by atoms with Crippen molar-refractivity contribution in [1.82, 2.24) is 15.2 Å². The minimum atomic E-state index is -2.90. The first-order chi connectivity index (χ1) is 9.42. The lowest BCUT2D eigenvalue weighted by Crippen LogP contribution is -2.25. The van der Waals surface area contributed by atoms with Crippen LogP contribution in [-0.2, 0) is 22.9 Å². The van der Waals surface area contributed by atoms with Gasteiger partial charge in [0.25, 0.3) is 0 Å². The van der Waals surface area contributed by atoms with Gasteiger partial charge >= 0.3 is 0 Å². The van der Waals surface area contributed by atoms with Crippen LogP contribution in [0.25, 0.3) is 0 Å². The molecule has 0 bridgehead atoms. The monoisotopic (exact) mass is 297 g/mol. The van der Waals surface area contributed by atoms with Crippen molar-refractivity contribution in [1.29, 1.82) is 0 Å². The van der Waals surface area contributed by atoms with Gasteiger partial charge in [-0.05, 0) is 32.0 Å². The highest BCUT2D eigenvalue weighted by atomic mass is 32.2. The molecule has 1 aromatic heterocycles. The molecule has 5 nitrogen and oxygen atoms in total. The lowest BCUT2D eigenvalue weighted by Gasteiger charge is -2.16. The van der Waals surface area contributed by atoms with E-state index < -0.39 is 9.84 Å². The van der Waals surface area contributed by atoms with Crippen LogP contribution in [0.4, 0.5) is 0 Å². The van der Waals surface area contributed by atoms with Gasteiger partial charge in [-0.2, -0.15) is 0 Å². The summed E-state index contributed by atoms with van der Waals surface area (Å²) >= 11 is 0. The number of hydrogen-bond donors (Lipinski definition) is 1. The number of rotatable bonds is 8. The zero-order valence-corrected chi connectivity index (χ0v) is 13.0. The predicted molar refractivity (Wildman–Crippen MR) is 80.1 cm³/mol. The highest BCUT2D eigenvalue weighted by molar-refractivity contribution is 7.90. The van der Waals surface area contributed by atoms with Crippen LogP contribution in [0.2, 0.25) is 0 Å². The fraction of sp³-hybridized carbons (Fsp3) is 0.643. The largest absolute Gasteiger partial charge is 0.308 e. The summed E-state index contributed by atoms with van der Waals surface area (Å²) in [7, 11) is -0.984. The molecule has 0 unspecified atom stereocenters. The molecule has 0 atom stereocenters. The maximum Gasteiger partial charge on any atom is 0.148 e. The number of sulfone groups is 1. The second-order valence-corrected chi connectivity index (χ2v) is 7.90. The van der Waals surface area contributed by atoms with Crippen molar-refractivity contribution in [2.75, 3.05) is 25.6 Å². The number of aromatic nitrogens is 1. The second kappa shape index (κ2) is 6.65. The van der Waals surface area contributed by atoms with Gasteiger partial charge < -0.3 is 5.32 Å². The number of hydrogen-bond acceptors (Lipinski definition) is 5. The van der Waals surface area contributed by atoms with E-state index in [-0.39, 0.29) is 5.75 Å². The summed E-state index contributed by atoms with van der Waals surface area (Å²) in [6, 6.07) is 6.70. The fourth-order valence-electron chi connectivity index (χ4n) is 1.93. The molecule has 1 aromatic rings. The highest BCUT2D eigenvalue weighted by Crippen LogP contribution is 2.19. The SMILES string of the molecule is CN(CCS(C)(=O)=O)Cc1cccc(CNC2CC2)n1. The quantitative estimate of drug-likeness (QED) is 0.769. The van der Waals surface area contributed by atoms with E-state index in [0.29, 0.717) is 19.1 Å². The van der Waals surface area contributed by atoms with Gasteiger partial charge in [-0.25, -0.2) is 8.42 Å². The van der Waals surface area contributed by atoms with E-state index in [1.54, 1.807) is 0 Å². The van der Waals surface area contributed by atoms with Crippen LogP contribution in [0.1, 0.15) is 24.2 Å². The number of nitrogens with one attached hydrogen (secondary N) is 1. The average Bonchev–Trinajstić information content (AvgIpc) is 3.18. The summed E-state index contributed by atoms with van der Waals surface area (Å²) in [5.41, 5.74) is 2.03. The standard InChI is InChI=1S/C14H23N3O2S/c1-17(8-9-20(2,18)19)11-14-5-3-4-13(16-14)10-15-12-6-7-12/h3-5,12,15H,6-11H2,1-2H3. The van der Waals surface area contributed by atoms with Gasteiger partial charge in [0.05, 0.1) is 17.1 Å². The third-order valence-corrected chi connectivity index (χ3v) is 4.21. The molecule has 1 heterocycles. The van der Waals surface area contributed by atoms with Crippen LogP contribution in [0.3, 0.4) is 0 Å². The number of pyridine rings is 1. The Morgan fingerprint density at radius 1 is 1.35 bits per heavy atom. The molecule has 0 amide bonds. The molecule has 6 heteroatoms. The first-order valence-corrected chi connectivity index (χ1v) is 9.03. The van der Waals surface area contributed by atoms with Gasteiger partial charge in [-0.3, -0.25) is 9.88 Å². The van der Waals surface area contributed by atoms with Gasteiger partial charge in [0, 0.05) is 31.9 Å². The molecule has 2 rings (SSSR count). The maximum absolute atomic E-state index is 11.1. The van der Waals surface area contributed by atoms with E-state index >= 15 is 0 Å². The Labute approximate surface area is 121 Å². The zero-order chi connectivity index (χ0) is 14.6. The molecule has 1 aliphatic rings. The molecule has 0 spiro atoms. The summed E-state index contributed by atoms with van der Waals surface area (Å²) in [5, 5.41) is 3.44. The lowest BCUT2D eigenvalue weighted by molar-refractivity contribution is 0.341. The maximum atomic E-state index is 11.1. The summed E-state index contributed by atoms with van der Waals surface area (Å²) in [6.45, 7) is 2.02. The van der Waals surface area contributed by atoms with E-state index in [1.807, 2.05) is 30.1 Å². The summed E-state index contributed by atoms with van der Waals surface area (Å²) in [4.78, 5) is 6.59. The predicted octanol–water partition coefficient (Wildman–Crippen LogP) is 0.810. The van der Waals surface area contributed by atoms with Crippen molar-refractivity contribution in [3.8, 4) is 0 Å². The molecule has 0 aliphatic heterocycles. The van der Waals surface area contributed by atoms with E-state index in [2.05, 4.69) is 10.3 Å². The van der Waals surface area contributed by atoms with Crippen LogP contribution in [-0.4, -0.2) is 49.9 Å². The Hall–Kier alpha value is -0.980. The van der Waals surface area contributed by atoms with Crippen molar-refractivity contribution in [2.24, 2.45) is 0 Å². The van der Waals surface area contributed by atoms with Crippen LogP contribution >= 0.6 is 0 Å². The van der Waals surface area contributed by atoms with Crippen molar-refractivity contribution >= 4 is 9.84 Å². The Balaban J connectivity index is 1.83. The van der Waals surface area contributed by atoms with E-state index in [0.717, 1.165) is 17.9 Å². The van der Waals surface area contributed by atoms with E-state index in [9.17, 15) is 8.42 Å². The first kappa shape index (κ1) is 15.4. The van der Waals surface area contributed by atoms with Gasteiger partial charge in [-0.1, -0.05) is 6.07 Å². The average molecular weight is 297 g/mol. The highest BCUT2D eigenvalue weighted by Gasteiger charge is 2.20. The fourth-order valence-corrected chi connectivity index (χ4v) is 2.57. The van der Waals surface area contributed by atoms with Gasteiger partial charge in [0.15, 0.2) is 0 Å². The third-order valence-electron chi connectivity index (χ3n) is 3.29. The van der Waals surface area contributed by atoms with Gasteiger partial charge in [0.2, 0.25) is 0 Å². The van der Waals surface area contributed by atoms with Crippen LogP contribution < -0.4 is 5.32 Å². The molecule has 0 radical (unpaired) electrons.